The normalized spacial score (nSPS) is 33.5. The fourth-order valence-corrected chi connectivity index (χ4v) is 3.22. The van der Waals surface area contributed by atoms with Crippen LogP contribution >= 0.6 is 0 Å². The number of rotatable bonds is 2. The lowest BCUT2D eigenvalue weighted by molar-refractivity contribution is -0.164. The first-order valence-electron chi connectivity index (χ1n) is 6.68. The molecule has 0 aliphatic carbocycles. The van der Waals surface area contributed by atoms with E-state index in [4.69, 9.17) is 15.2 Å². The van der Waals surface area contributed by atoms with E-state index in [2.05, 4.69) is 25.7 Å². The van der Waals surface area contributed by atoms with E-state index in [9.17, 15) is 0 Å². The van der Waals surface area contributed by atoms with Gasteiger partial charge in [0.15, 0.2) is 0 Å². The second kappa shape index (κ2) is 4.84. The van der Waals surface area contributed by atoms with Gasteiger partial charge in [-0.2, -0.15) is 0 Å². The molecule has 0 amide bonds. The Hall–Kier alpha value is -0.160. The molecule has 2 heterocycles. The quantitative estimate of drug-likeness (QED) is 0.784. The third kappa shape index (κ3) is 2.81. The molecule has 2 N–H and O–H groups in total. The molecule has 0 radical (unpaired) electrons. The third-order valence-corrected chi connectivity index (χ3v) is 4.04. The Labute approximate surface area is 104 Å². The minimum absolute atomic E-state index is 0.0713. The van der Waals surface area contributed by atoms with Crippen LogP contribution in [0.25, 0.3) is 0 Å². The molecule has 2 aliphatic heterocycles. The number of hydrogen-bond donors (Lipinski definition) is 1. The first kappa shape index (κ1) is 13.3. The van der Waals surface area contributed by atoms with Crippen molar-refractivity contribution in [3.8, 4) is 0 Å². The lowest BCUT2D eigenvalue weighted by atomic mass is 9.85. The van der Waals surface area contributed by atoms with Crippen LogP contribution in [0.15, 0.2) is 0 Å². The van der Waals surface area contributed by atoms with Gasteiger partial charge < -0.3 is 15.2 Å². The van der Waals surface area contributed by atoms with E-state index in [-0.39, 0.29) is 17.2 Å². The molecule has 0 saturated carbocycles. The topological polar surface area (TPSA) is 47.7 Å². The van der Waals surface area contributed by atoms with Crippen LogP contribution in [0, 0.1) is 0 Å². The molecule has 0 aromatic heterocycles. The van der Waals surface area contributed by atoms with Crippen LogP contribution < -0.4 is 5.73 Å². The van der Waals surface area contributed by atoms with Crippen molar-refractivity contribution in [2.75, 3.05) is 32.8 Å². The third-order valence-electron chi connectivity index (χ3n) is 4.04. The van der Waals surface area contributed by atoms with Gasteiger partial charge in [0.1, 0.15) is 0 Å². The Balaban J connectivity index is 2.13. The summed E-state index contributed by atoms with van der Waals surface area (Å²) in [5, 5.41) is 0. The molecule has 2 fully saturated rings. The maximum Gasteiger partial charge on any atom is 0.0757 e. The van der Waals surface area contributed by atoms with E-state index in [1.165, 1.54) is 0 Å². The van der Waals surface area contributed by atoms with E-state index in [1.807, 2.05) is 0 Å². The average Bonchev–Trinajstić information content (AvgIpc) is 2.27. The molecule has 0 aromatic rings. The molecule has 4 heteroatoms. The van der Waals surface area contributed by atoms with Gasteiger partial charge >= 0.3 is 0 Å². The summed E-state index contributed by atoms with van der Waals surface area (Å²) in [5.74, 6) is 0. The molecule has 0 bridgehead atoms. The Morgan fingerprint density at radius 2 is 1.94 bits per heavy atom. The van der Waals surface area contributed by atoms with Crippen molar-refractivity contribution in [1.82, 2.24) is 4.90 Å². The maximum atomic E-state index is 6.07. The number of hydrogen-bond acceptors (Lipinski definition) is 4. The highest BCUT2D eigenvalue weighted by Crippen LogP contribution is 2.32. The maximum absolute atomic E-state index is 6.07. The van der Waals surface area contributed by atoms with Crippen molar-refractivity contribution in [3.05, 3.63) is 0 Å². The molecule has 1 unspecified atom stereocenters. The minimum atomic E-state index is -0.0713. The van der Waals surface area contributed by atoms with Crippen molar-refractivity contribution in [3.63, 3.8) is 0 Å². The second-order valence-electron chi connectivity index (χ2n) is 6.11. The Bertz CT molecular complexity index is 262. The van der Waals surface area contributed by atoms with Gasteiger partial charge in [0, 0.05) is 38.4 Å². The van der Waals surface area contributed by atoms with Gasteiger partial charge in [-0.3, -0.25) is 4.90 Å². The van der Waals surface area contributed by atoms with Crippen LogP contribution in [0.2, 0.25) is 0 Å². The summed E-state index contributed by atoms with van der Waals surface area (Å²) < 4.78 is 11.5. The van der Waals surface area contributed by atoms with Gasteiger partial charge in [0.25, 0.3) is 0 Å². The SMILES string of the molecule is CC1CN(C2(CN)CCOCC2)CC(C)(C)O1. The highest BCUT2D eigenvalue weighted by atomic mass is 16.5. The zero-order valence-corrected chi connectivity index (χ0v) is 11.4. The zero-order chi connectivity index (χ0) is 12.5. The number of morpholine rings is 1. The largest absolute Gasteiger partial charge is 0.381 e. The Morgan fingerprint density at radius 3 is 2.47 bits per heavy atom. The molecule has 0 spiro atoms. The van der Waals surface area contributed by atoms with Crippen LogP contribution in [0.5, 0.6) is 0 Å². The summed E-state index contributed by atoms with van der Waals surface area (Å²) in [6.45, 7) is 10.8. The number of nitrogens with two attached hydrogens (primary N) is 1. The lowest BCUT2D eigenvalue weighted by Crippen LogP contribution is -2.64. The second-order valence-corrected chi connectivity index (χ2v) is 6.11. The molecular weight excluding hydrogens is 216 g/mol. The highest BCUT2D eigenvalue weighted by Gasteiger charge is 2.43. The Morgan fingerprint density at radius 1 is 1.29 bits per heavy atom. The molecule has 1 atom stereocenters. The summed E-state index contributed by atoms with van der Waals surface area (Å²) in [4.78, 5) is 2.55. The van der Waals surface area contributed by atoms with Crippen LogP contribution in [-0.4, -0.2) is 55.0 Å². The first-order valence-corrected chi connectivity index (χ1v) is 6.68. The van der Waals surface area contributed by atoms with E-state index < -0.39 is 0 Å². The number of nitrogens with zero attached hydrogens (tertiary/aromatic N) is 1. The van der Waals surface area contributed by atoms with Crippen molar-refractivity contribution in [2.45, 2.75) is 50.9 Å². The monoisotopic (exact) mass is 242 g/mol. The molecule has 2 aliphatic rings. The summed E-state index contributed by atoms with van der Waals surface area (Å²) in [6.07, 6.45) is 2.38. The molecular formula is C13H26N2O2. The lowest BCUT2D eigenvalue weighted by Gasteiger charge is -2.52. The van der Waals surface area contributed by atoms with Crippen molar-refractivity contribution < 1.29 is 9.47 Å². The van der Waals surface area contributed by atoms with E-state index in [0.29, 0.717) is 0 Å². The van der Waals surface area contributed by atoms with E-state index >= 15 is 0 Å². The first-order chi connectivity index (χ1) is 7.97. The van der Waals surface area contributed by atoms with Gasteiger partial charge in [0.2, 0.25) is 0 Å². The summed E-state index contributed by atoms with van der Waals surface area (Å²) in [6, 6.07) is 0. The van der Waals surface area contributed by atoms with Gasteiger partial charge in [0.05, 0.1) is 11.7 Å². The molecule has 2 rings (SSSR count). The van der Waals surface area contributed by atoms with Gasteiger partial charge in [-0.25, -0.2) is 0 Å². The minimum Gasteiger partial charge on any atom is -0.381 e. The molecule has 17 heavy (non-hydrogen) atoms. The Kier molecular flexibility index (Phi) is 3.78. The van der Waals surface area contributed by atoms with Crippen LogP contribution in [-0.2, 0) is 9.47 Å². The van der Waals surface area contributed by atoms with E-state index in [1.54, 1.807) is 0 Å². The fraction of sp³-hybridized carbons (Fsp3) is 1.00. The molecule has 100 valence electrons. The zero-order valence-electron chi connectivity index (χ0n) is 11.4. The molecule has 4 nitrogen and oxygen atoms in total. The van der Waals surface area contributed by atoms with Crippen LogP contribution in [0.3, 0.4) is 0 Å². The standard InChI is InChI=1S/C13H26N2O2/c1-11-8-15(10-12(2,3)17-11)13(9-14)4-6-16-7-5-13/h11H,4-10,14H2,1-3H3. The predicted molar refractivity (Wildman–Crippen MR) is 68.0 cm³/mol. The predicted octanol–water partition coefficient (Wildman–Crippen LogP) is 0.994. The van der Waals surface area contributed by atoms with Gasteiger partial charge in [-0.05, 0) is 33.6 Å². The number of ether oxygens (including phenoxy) is 2. The fourth-order valence-electron chi connectivity index (χ4n) is 3.22. The smallest absolute Gasteiger partial charge is 0.0757 e. The van der Waals surface area contributed by atoms with Crippen molar-refractivity contribution >= 4 is 0 Å². The molecule has 2 saturated heterocycles. The van der Waals surface area contributed by atoms with Gasteiger partial charge in [-0.1, -0.05) is 0 Å². The highest BCUT2D eigenvalue weighted by molar-refractivity contribution is 4.98. The summed E-state index contributed by atoms with van der Waals surface area (Å²) in [7, 11) is 0. The van der Waals surface area contributed by atoms with Crippen molar-refractivity contribution in [1.29, 1.82) is 0 Å². The van der Waals surface area contributed by atoms with Crippen molar-refractivity contribution in [2.24, 2.45) is 5.73 Å². The molecule has 0 aromatic carbocycles. The summed E-state index contributed by atoms with van der Waals surface area (Å²) in [5.41, 5.74) is 6.13. The van der Waals surface area contributed by atoms with Crippen LogP contribution in [0.1, 0.15) is 33.6 Å². The van der Waals surface area contributed by atoms with E-state index in [0.717, 1.165) is 45.7 Å². The average molecular weight is 242 g/mol. The van der Waals surface area contributed by atoms with Gasteiger partial charge in [-0.15, -0.1) is 0 Å². The van der Waals surface area contributed by atoms with Crippen LogP contribution in [0.4, 0.5) is 0 Å². The summed E-state index contributed by atoms with van der Waals surface area (Å²) >= 11 is 0.